The van der Waals surface area contributed by atoms with E-state index in [2.05, 4.69) is 5.32 Å². The van der Waals surface area contributed by atoms with Gasteiger partial charge in [-0.25, -0.2) is 0 Å². The molecule has 0 aliphatic heterocycles. The number of nitrogens with one attached hydrogen (secondary N) is 1. The van der Waals surface area contributed by atoms with Crippen LogP contribution in [0.15, 0.2) is 36.4 Å². The summed E-state index contributed by atoms with van der Waals surface area (Å²) in [7, 11) is 0. The zero-order valence-corrected chi connectivity index (χ0v) is 12.4. The van der Waals surface area contributed by atoms with Crippen molar-refractivity contribution in [1.82, 2.24) is 0 Å². The van der Waals surface area contributed by atoms with Gasteiger partial charge in [-0.15, -0.1) is 0 Å². The standard InChI is InChI=1S/C14H10Cl2N2O3/c1-8-3-2-4-11(16)13(8)17-14(19)9-5-6-10(15)12(7-9)18(20)21/h2-7H,1H3,(H,17,19). The highest BCUT2D eigenvalue weighted by Crippen LogP contribution is 2.28. The number of carbonyl (C=O) groups excluding carboxylic acids is 1. The van der Waals surface area contributed by atoms with Gasteiger partial charge < -0.3 is 5.32 Å². The number of hydrogen-bond acceptors (Lipinski definition) is 3. The van der Waals surface area contributed by atoms with E-state index in [0.717, 1.165) is 11.6 Å². The van der Waals surface area contributed by atoms with Crippen LogP contribution in [0.4, 0.5) is 11.4 Å². The van der Waals surface area contributed by atoms with Crippen LogP contribution in [0.5, 0.6) is 0 Å². The zero-order chi connectivity index (χ0) is 15.6. The van der Waals surface area contributed by atoms with Crippen LogP contribution in [0.1, 0.15) is 15.9 Å². The number of nitro groups is 1. The molecule has 21 heavy (non-hydrogen) atoms. The molecule has 0 heterocycles. The van der Waals surface area contributed by atoms with Crippen LogP contribution in [-0.2, 0) is 0 Å². The van der Waals surface area contributed by atoms with Gasteiger partial charge in [-0.3, -0.25) is 14.9 Å². The molecular formula is C14H10Cl2N2O3. The van der Waals surface area contributed by atoms with Crippen molar-refractivity contribution in [2.24, 2.45) is 0 Å². The average molecular weight is 325 g/mol. The van der Waals surface area contributed by atoms with E-state index < -0.39 is 10.8 Å². The summed E-state index contributed by atoms with van der Waals surface area (Å²) in [6.45, 7) is 1.80. The van der Waals surface area contributed by atoms with Gasteiger partial charge in [0.15, 0.2) is 0 Å². The molecule has 0 atom stereocenters. The maximum Gasteiger partial charge on any atom is 0.288 e. The second-order valence-electron chi connectivity index (χ2n) is 4.31. The van der Waals surface area contributed by atoms with Crippen LogP contribution in [-0.4, -0.2) is 10.8 Å². The highest BCUT2D eigenvalue weighted by Gasteiger charge is 2.17. The Morgan fingerprint density at radius 2 is 1.90 bits per heavy atom. The van der Waals surface area contributed by atoms with E-state index in [1.54, 1.807) is 25.1 Å². The lowest BCUT2D eigenvalue weighted by molar-refractivity contribution is -0.384. The fraction of sp³-hybridized carbons (Fsp3) is 0.0714. The maximum atomic E-state index is 12.2. The molecule has 0 fully saturated rings. The molecule has 0 aliphatic carbocycles. The Labute approximate surface area is 130 Å². The molecule has 1 N–H and O–H groups in total. The van der Waals surface area contributed by atoms with Crippen molar-refractivity contribution in [2.45, 2.75) is 6.92 Å². The van der Waals surface area contributed by atoms with Gasteiger partial charge in [0.25, 0.3) is 11.6 Å². The molecule has 0 saturated carbocycles. The molecule has 2 aromatic carbocycles. The van der Waals surface area contributed by atoms with E-state index in [1.165, 1.54) is 12.1 Å². The van der Waals surface area contributed by atoms with Gasteiger partial charge >= 0.3 is 0 Å². The molecule has 7 heteroatoms. The number of carbonyl (C=O) groups is 1. The minimum absolute atomic E-state index is 0.0227. The van der Waals surface area contributed by atoms with Gasteiger partial charge in [0.05, 0.1) is 15.6 Å². The average Bonchev–Trinajstić information content (AvgIpc) is 2.43. The Morgan fingerprint density at radius 1 is 1.19 bits per heavy atom. The smallest absolute Gasteiger partial charge is 0.288 e. The van der Waals surface area contributed by atoms with Gasteiger partial charge in [-0.2, -0.15) is 0 Å². The van der Waals surface area contributed by atoms with E-state index in [0.29, 0.717) is 10.7 Å². The second-order valence-corrected chi connectivity index (χ2v) is 5.12. The van der Waals surface area contributed by atoms with E-state index in [4.69, 9.17) is 23.2 Å². The monoisotopic (exact) mass is 324 g/mol. The van der Waals surface area contributed by atoms with Crippen molar-refractivity contribution in [3.63, 3.8) is 0 Å². The fourth-order valence-electron chi connectivity index (χ4n) is 1.77. The van der Waals surface area contributed by atoms with E-state index in [9.17, 15) is 14.9 Å². The molecule has 5 nitrogen and oxygen atoms in total. The number of anilines is 1. The normalized spacial score (nSPS) is 10.2. The van der Waals surface area contributed by atoms with Gasteiger partial charge in [0, 0.05) is 11.6 Å². The van der Waals surface area contributed by atoms with Gasteiger partial charge in [0.1, 0.15) is 5.02 Å². The van der Waals surface area contributed by atoms with Crippen LogP contribution in [0, 0.1) is 17.0 Å². The molecule has 0 spiro atoms. The topological polar surface area (TPSA) is 72.2 Å². The summed E-state index contributed by atoms with van der Waals surface area (Å²) in [5, 5.41) is 13.8. The van der Waals surface area contributed by atoms with Crippen LogP contribution < -0.4 is 5.32 Å². The molecule has 0 radical (unpaired) electrons. The quantitative estimate of drug-likeness (QED) is 0.669. The number of amides is 1. The molecule has 0 aromatic heterocycles. The summed E-state index contributed by atoms with van der Waals surface area (Å²) in [5.41, 5.74) is 1.08. The Morgan fingerprint density at radius 3 is 2.52 bits per heavy atom. The largest absolute Gasteiger partial charge is 0.320 e. The summed E-state index contributed by atoms with van der Waals surface area (Å²) in [6.07, 6.45) is 0. The highest BCUT2D eigenvalue weighted by atomic mass is 35.5. The summed E-state index contributed by atoms with van der Waals surface area (Å²) < 4.78 is 0. The summed E-state index contributed by atoms with van der Waals surface area (Å²) >= 11 is 11.7. The third-order valence-corrected chi connectivity index (χ3v) is 3.50. The SMILES string of the molecule is Cc1cccc(Cl)c1NC(=O)c1ccc(Cl)c([N+](=O)[O-])c1. The highest BCUT2D eigenvalue weighted by molar-refractivity contribution is 6.34. The second kappa shape index (κ2) is 6.11. The summed E-state index contributed by atoms with van der Waals surface area (Å²) in [5.74, 6) is -0.494. The lowest BCUT2D eigenvalue weighted by Gasteiger charge is -2.10. The number of nitro benzene ring substituents is 1. The molecule has 1 amide bonds. The number of nitrogens with zero attached hydrogens (tertiary/aromatic N) is 1. The third kappa shape index (κ3) is 3.32. The predicted octanol–water partition coefficient (Wildman–Crippen LogP) is 4.46. The summed E-state index contributed by atoms with van der Waals surface area (Å²) in [4.78, 5) is 22.4. The number of rotatable bonds is 3. The van der Waals surface area contributed by atoms with Crippen LogP contribution in [0.3, 0.4) is 0 Å². The van der Waals surface area contributed by atoms with Crippen molar-refractivity contribution in [1.29, 1.82) is 0 Å². The molecule has 108 valence electrons. The number of halogens is 2. The maximum absolute atomic E-state index is 12.2. The first-order valence-corrected chi connectivity index (χ1v) is 6.66. The zero-order valence-electron chi connectivity index (χ0n) is 10.9. The fourth-order valence-corrected chi connectivity index (χ4v) is 2.23. The van der Waals surface area contributed by atoms with E-state index in [1.807, 2.05) is 0 Å². The van der Waals surface area contributed by atoms with Crippen molar-refractivity contribution >= 4 is 40.5 Å². The Hall–Kier alpha value is -2.11. The van der Waals surface area contributed by atoms with Crippen LogP contribution in [0.2, 0.25) is 10.0 Å². The Bertz CT molecular complexity index is 712. The van der Waals surface area contributed by atoms with Crippen molar-refractivity contribution in [3.05, 3.63) is 67.7 Å². The van der Waals surface area contributed by atoms with Gasteiger partial charge in [0.2, 0.25) is 0 Å². The van der Waals surface area contributed by atoms with Crippen LogP contribution >= 0.6 is 23.2 Å². The van der Waals surface area contributed by atoms with Crippen molar-refractivity contribution in [2.75, 3.05) is 5.32 Å². The summed E-state index contributed by atoms with van der Waals surface area (Å²) in [6, 6.07) is 9.06. The third-order valence-electron chi connectivity index (χ3n) is 2.87. The molecule has 0 saturated heterocycles. The lowest BCUT2D eigenvalue weighted by Crippen LogP contribution is -2.13. The van der Waals surface area contributed by atoms with Crippen molar-refractivity contribution < 1.29 is 9.72 Å². The first kappa shape index (κ1) is 15.3. The number of benzene rings is 2. The molecule has 2 aromatic rings. The minimum atomic E-state index is -0.639. The number of hydrogen-bond donors (Lipinski definition) is 1. The first-order valence-electron chi connectivity index (χ1n) is 5.90. The van der Waals surface area contributed by atoms with E-state index >= 15 is 0 Å². The first-order chi connectivity index (χ1) is 9.90. The Balaban J connectivity index is 2.33. The number of aryl methyl sites for hydroxylation is 1. The number of para-hydroxylation sites is 1. The minimum Gasteiger partial charge on any atom is -0.320 e. The lowest BCUT2D eigenvalue weighted by atomic mass is 10.1. The van der Waals surface area contributed by atoms with Gasteiger partial charge in [-0.05, 0) is 30.7 Å². The van der Waals surface area contributed by atoms with Crippen LogP contribution in [0.25, 0.3) is 0 Å². The molecule has 0 bridgehead atoms. The van der Waals surface area contributed by atoms with Gasteiger partial charge in [-0.1, -0.05) is 35.3 Å². The Kier molecular flexibility index (Phi) is 4.45. The molecule has 0 unspecified atom stereocenters. The molecule has 2 rings (SSSR count). The van der Waals surface area contributed by atoms with Crippen molar-refractivity contribution in [3.8, 4) is 0 Å². The van der Waals surface area contributed by atoms with E-state index in [-0.39, 0.29) is 16.3 Å². The predicted molar refractivity (Wildman–Crippen MR) is 82.2 cm³/mol. The molecule has 0 aliphatic rings. The molecular weight excluding hydrogens is 315 g/mol.